The summed E-state index contributed by atoms with van der Waals surface area (Å²) in [5, 5.41) is 8.00. The molecule has 0 spiro atoms. The van der Waals surface area contributed by atoms with Crippen molar-refractivity contribution in [1.82, 2.24) is 25.4 Å². The van der Waals surface area contributed by atoms with Crippen LogP contribution < -0.4 is 10.6 Å². The number of hydrogen-bond donors (Lipinski definition) is 3. The summed E-state index contributed by atoms with van der Waals surface area (Å²) in [6, 6.07) is 5.38. The number of likely N-dealkylation sites (N-methyl/N-ethyl adjacent to an activating group) is 1. The predicted octanol–water partition coefficient (Wildman–Crippen LogP) is 2.90. The van der Waals surface area contributed by atoms with E-state index >= 15 is 0 Å². The minimum Gasteiger partial charge on any atom is -0.361 e. The highest BCUT2D eigenvalue weighted by molar-refractivity contribution is 14.0. The van der Waals surface area contributed by atoms with Gasteiger partial charge >= 0.3 is 0 Å². The first kappa shape index (κ1) is 24.9. The highest BCUT2D eigenvalue weighted by Crippen LogP contribution is 2.19. The molecule has 0 bridgehead atoms. The van der Waals surface area contributed by atoms with E-state index in [0.717, 1.165) is 62.6 Å². The van der Waals surface area contributed by atoms with E-state index < -0.39 is 0 Å². The molecule has 2 aromatic rings. The number of benzene rings is 1. The van der Waals surface area contributed by atoms with Crippen LogP contribution in [0.2, 0.25) is 0 Å². The Bertz CT molecular complexity index is 813. The molecule has 1 fully saturated rings. The van der Waals surface area contributed by atoms with Crippen molar-refractivity contribution < 1.29 is 4.39 Å². The van der Waals surface area contributed by atoms with E-state index in [1.54, 1.807) is 0 Å². The number of aromatic nitrogens is 1. The van der Waals surface area contributed by atoms with Crippen molar-refractivity contribution in [3.8, 4) is 0 Å². The Hall–Kier alpha value is -1.39. The number of halogens is 2. The van der Waals surface area contributed by atoms with Crippen molar-refractivity contribution in [2.45, 2.75) is 26.3 Å². The molecule has 6 nitrogen and oxygen atoms in total. The molecule has 1 aromatic carbocycles. The largest absolute Gasteiger partial charge is 0.361 e. The Morgan fingerprint density at radius 1 is 1.20 bits per heavy atom. The Kier molecular flexibility index (Phi) is 9.83. The van der Waals surface area contributed by atoms with Gasteiger partial charge in [0.15, 0.2) is 5.96 Å². The van der Waals surface area contributed by atoms with Crippen molar-refractivity contribution in [3.63, 3.8) is 0 Å². The Balaban J connectivity index is 0.00000320. The molecule has 2 heterocycles. The van der Waals surface area contributed by atoms with Crippen molar-refractivity contribution in [3.05, 3.63) is 35.8 Å². The number of fused-ring (bicyclic) bond motifs is 1. The van der Waals surface area contributed by atoms with Gasteiger partial charge in [0.05, 0.1) is 0 Å². The Morgan fingerprint density at radius 3 is 2.60 bits per heavy atom. The zero-order valence-corrected chi connectivity index (χ0v) is 20.9. The molecule has 0 aliphatic carbocycles. The molecular weight excluding hydrogens is 494 g/mol. The van der Waals surface area contributed by atoms with Crippen molar-refractivity contribution >= 4 is 40.8 Å². The number of hydrogen-bond acceptors (Lipinski definition) is 3. The monoisotopic (exact) mass is 530 g/mol. The smallest absolute Gasteiger partial charge is 0.191 e. The van der Waals surface area contributed by atoms with E-state index in [1.165, 1.54) is 17.7 Å². The quantitative estimate of drug-likeness (QED) is 0.293. The van der Waals surface area contributed by atoms with Gasteiger partial charge in [0.2, 0.25) is 0 Å². The van der Waals surface area contributed by atoms with Gasteiger partial charge in [-0.15, -0.1) is 24.0 Å². The van der Waals surface area contributed by atoms with Gasteiger partial charge in [0.1, 0.15) is 5.82 Å². The summed E-state index contributed by atoms with van der Waals surface area (Å²) in [4.78, 5) is 12.5. The predicted molar refractivity (Wildman–Crippen MR) is 134 cm³/mol. The molecule has 0 amide bonds. The van der Waals surface area contributed by atoms with Crippen LogP contribution in [0.25, 0.3) is 10.9 Å². The van der Waals surface area contributed by atoms with E-state index in [4.69, 9.17) is 0 Å². The fourth-order valence-corrected chi connectivity index (χ4v) is 4.04. The lowest BCUT2D eigenvalue weighted by atomic mass is 10.0. The molecule has 30 heavy (non-hydrogen) atoms. The standard InChI is InChI=1S/C22H35FN6.HI/c1-16(2)21(29-11-9-28(4)10-12-29)15-27-22(24-3)25-8-7-17-14-26-20-13-18(23)5-6-19(17)20;/h5-6,13-14,16,21,26H,7-12,15H2,1-4H3,(H2,24,25,27);1H. The molecule has 0 saturated carbocycles. The summed E-state index contributed by atoms with van der Waals surface area (Å²) < 4.78 is 13.3. The molecule has 8 heteroatoms. The first-order valence-electron chi connectivity index (χ1n) is 10.6. The van der Waals surface area contributed by atoms with E-state index in [9.17, 15) is 4.39 Å². The minimum absolute atomic E-state index is 0. The molecule has 1 aromatic heterocycles. The fraction of sp³-hybridized carbons (Fsp3) is 0.591. The van der Waals surface area contributed by atoms with Gasteiger partial charge in [0, 0.05) is 69.5 Å². The highest BCUT2D eigenvalue weighted by atomic mass is 127. The number of piperazine rings is 1. The van der Waals surface area contributed by atoms with E-state index in [1.807, 2.05) is 19.3 Å². The molecule has 0 radical (unpaired) electrons. The molecule has 3 rings (SSSR count). The molecular formula is C22H36FIN6. The lowest BCUT2D eigenvalue weighted by molar-refractivity contribution is 0.0900. The van der Waals surface area contributed by atoms with Crippen molar-refractivity contribution in [2.24, 2.45) is 10.9 Å². The SMILES string of the molecule is CN=C(NCCc1c[nH]c2cc(F)ccc12)NCC(C(C)C)N1CCN(C)CC1.I. The lowest BCUT2D eigenvalue weighted by Gasteiger charge is -2.40. The summed E-state index contributed by atoms with van der Waals surface area (Å²) in [6.07, 6.45) is 2.81. The normalized spacial score (nSPS) is 17.2. The van der Waals surface area contributed by atoms with E-state index in [0.29, 0.717) is 12.0 Å². The third kappa shape index (κ3) is 6.55. The third-order valence-corrected chi connectivity index (χ3v) is 5.89. The van der Waals surface area contributed by atoms with Crippen LogP contribution in [0.15, 0.2) is 29.4 Å². The summed E-state index contributed by atoms with van der Waals surface area (Å²) >= 11 is 0. The van der Waals surface area contributed by atoms with Crippen LogP contribution in [0.3, 0.4) is 0 Å². The molecule has 1 aliphatic heterocycles. The molecule has 168 valence electrons. The third-order valence-electron chi connectivity index (χ3n) is 5.89. The van der Waals surface area contributed by atoms with E-state index in [2.05, 4.69) is 51.3 Å². The van der Waals surface area contributed by atoms with Crippen molar-refractivity contribution in [2.75, 3.05) is 53.4 Å². The second kappa shape index (κ2) is 11.9. The van der Waals surface area contributed by atoms with Gasteiger partial charge in [-0.05, 0) is 43.1 Å². The summed E-state index contributed by atoms with van der Waals surface area (Å²) in [5.41, 5.74) is 2.02. The maximum Gasteiger partial charge on any atom is 0.191 e. The second-order valence-electron chi connectivity index (χ2n) is 8.28. The Labute approximate surface area is 196 Å². The lowest BCUT2D eigenvalue weighted by Crippen LogP contribution is -2.55. The summed E-state index contributed by atoms with van der Waals surface area (Å²) in [5.74, 6) is 1.19. The topological polar surface area (TPSA) is 58.7 Å². The number of aliphatic imine (C=N–C) groups is 1. The number of guanidine groups is 1. The molecule has 1 unspecified atom stereocenters. The van der Waals surface area contributed by atoms with Gasteiger partial charge in [-0.25, -0.2) is 4.39 Å². The average Bonchev–Trinajstić information content (AvgIpc) is 3.09. The molecule has 1 aliphatic rings. The second-order valence-corrected chi connectivity index (χ2v) is 8.28. The molecule has 1 saturated heterocycles. The van der Waals surface area contributed by atoms with Gasteiger partial charge in [-0.1, -0.05) is 13.8 Å². The number of nitrogens with one attached hydrogen (secondary N) is 3. The summed E-state index contributed by atoms with van der Waals surface area (Å²) in [6.45, 7) is 10.7. The van der Waals surface area contributed by atoms with Crippen LogP contribution in [-0.4, -0.2) is 80.1 Å². The Morgan fingerprint density at radius 2 is 1.93 bits per heavy atom. The van der Waals surface area contributed by atoms with E-state index in [-0.39, 0.29) is 29.8 Å². The van der Waals surface area contributed by atoms with Crippen LogP contribution in [0.1, 0.15) is 19.4 Å². The van der Waals surface area contributed by atoms with Gasteiger partial charge in [-0.2, -0.15) is 0 Å². The van der Waals surface area contributed by atoms with Gasteiger partial charge < -0.3 is 20.5 Å². The van der Waals surface area contributed by atoms with Crippen LogP contribution >= 0.6 is 24.0 Å². The zero-order chi connectivity index (χ0) is 20.8. The number of H-pyrrole nitrogens is 1. The summed E-state index contributed by atoms with van der Waals surface area (Å²) in [7, 11) is 4.00. The number of aromatic amines is 1. The van der Waals surface area contributed by atoms with Crippen LogP contribution in [0, 0.1) is 11.7 Å². The maximum atomic E-state index is 13.3. The highest BCUT2D eigenvalue weighted by Gasteiger charge is 2.25. The van der Waals surface area contributed by atoms with Gasteiger partial charge in [-0.3, -0.25) is 9.89 Å². The maximum absolute atomic E-state index is 13.3. The van der Waals surface area contributed by atoms with Crippen LogP contribution in [-0.2, 0) is 6.42 Å². The zero-order valence-electron chi connectivity index (χ0n) is 18.5. The number of nitrogens with zero attached hydrogens (tertiary/aromatic N) is 3. The first-order valence-corrected chi connectivity index (χ1v) is 10.6. The van der Waals surface area contributed by atoms with Crippen LogP contribution in [0.5, 0.6) is 0 Å². The first-order chi connectivity index (χ1) is 14.0. The van der Waals surface area contributed by atoms with Crippen LogP contribution in [0.4, 0.5) is 4.39 Å². The molecule has 3 N–H and O–H groups in total. The minimum atomic E-state index is -0.214. The average molecular weight is 530 g/mol. The van der Waals surface area contributed by atoms with Crippen molar-refractivity contribution in [1.29, 1.82) is 0 Å². The fourth-order valence-electron chi connectivity index (χ4n) is 4.04. The number of rotatable bonds is 7. The van der Waals surface area contributed by atoms with Gasteiger partial charge in [0.25, 0.3) is 0 Å². The molecule has 1 atom stereocenters.